The van der Waals surface area contributed by atoms with Crippen molar-refractivity contribution in [3.8, 4) is 0 Å². The second-order valence-electron chi connectivity index (χ2n) is 10.7. The van der Waals surface area contributed by atoms with Crippen LogP contribution in [-0.2, 0) is 0 Å². The van der Waals surface area contributed by atoms with E-state index in [2.05, 4.69) is 27.7 Å². The Morgan fingerprint density at radius 3 is 2.48 bits per heavy atom. The van der Waals surface area contributed by atoms with Gasteiger partial charge in [0.15, 0.2) is 0 Å². The zero-order valence-electron chi connectivity index (χ0n) is 15.9. The Morgan fingerprint density at radius 2 is 1.74 bits per heavy atom. The lowest BCUT2D eigenvalue weighted by Gasteiger charge is -2.61. The molecule has 0 bridgehead atoms. The lowest BCUT2D eigenvalue weighted by atomic mass is 9.44. The maximum Gasteiger partial charge on any atom is 0.0648 e. The molecule has 1 heteroatoms. The van der Waals surface area contributed by atoms with Gasteiger partial charge in [-0.1, -0.05) is 27.7 Å². The highest BCUT2D eigenvalue weighted by Gasteiger charge is 2.59. The molecule has 8 atom stereocenters. The van der Waals surface area contributed by atoms with E-state index in [9.17, 15) is 5.11 Å². The summed E-state index contributed by atoms with van der Waals surface area (Å²) in [6, 6.07) is 0. The Morgan fingerprint density at radius 1 is 0.957 bits per heavy atom. The normalized spacial score (nSPS) is 59.1. The van der Waals surface area contributed by atoms with Gasteiger partial charge in [0.2, 0.25) is 0 Å². The van der Waals surface area contributed by atoms with Crippen molar-refractivity contribution in [3.63, 3.8) is 0 Å². The largest absolute Gasteiger partial charge is 0.390 e. The lowest BCUT2D eigenvalue weighted by Crippen LogP contribution is -2.55. The van der Waals surface area contributed by atoms with Crippen LogP contribution in [0.3, 0.4) is 0 Å². The van der Waals surface area contributed by atoms with Crippen LogP contribution in [-0.4, -0.2) is 10.7 Å². The number of hydrogen-bond donors (Lipinski definition) is 1. The van der Waals surface area contributed by atoms with Crippen molar-refractivity contribution in [2.24, 2.45) is 40.4 Å². The molecule has 0 saturated heterocycles. The Kier molecular flexibility index (Phi) is 3.73. The number of aliphatic hydroxyl groups is 1. The third-order valence-corrected chi connectivity index (χ3v) is 9.47. The molecule has 1 N–H and O–H groups in total. The van der Waals surface area contributed by atoms with Crippen molar-refractivity contribution in [2.75, 3.05) is 0 Å². The molecular formula is C22H38O. The lowest BCUT2D eigenvalue weighted by molar-refractivity contribution is -0.147. The summed E-state index contributed by atoms with van der Waals surface area (Å²) in [6.07, 6.45) is 13.1. The summed E-state index contributed by atoms with van der Waals surface area (Å²) < 4.78 is 0. The fourth-order valence-corrected chi connectivity index (χ4v) is 8.06. The summed E-state index contributed by atoms with van der Waals surface area (Å²) in [5.74, 6) is 4.68. The van der Waals surface area contributed by atoms with Gasteiger partial charge in [0.25, 0.3) is 0 Å². The Balaban J connectivity index is 1.59. The van der Waals surface area contributed by atoms with E-state index < -0.39 is 0 Å². The average molecular weight is 319 g/mol. The topological polar surface area (TPSA) is 20.2 Å². The van der Waals surface area contributed by atoms with Gasteiger partial charge in [-0.05, 0) is 105 Å². The Labute approximate surface area is 143 Å². The highest BCUT2D eigenvalue weighted by molar-refractivity contribution is 5.09. The molecule has 4 rings (SSSR count). The molecule has 4 aliphatic rings. The van der Waals surface area contributed by atoms with E-state index in [0.29, 0.717) is 10.8 Å². The van der Waals surface area contributed by atoms with Gasteiger partial charge < -0.3 is 5.11 Å². The third kappa shape index (κ3) is 2.35. The first-order valence-electron chi connectivity index (χ1n) is 10.5. The van der Waals surface area contributed by atoms with Gasteiger partial charge >= 0.3 is 0 Å². The van der Waals surface area contributed by atoms with Crippen LogP contribution in [0.15, 0.2) is 0 Å². The first-order valence-corrected chi connectivity index (χ1v) is 10.5. The number of hydrogen-bond acceptors (Lipinski definition) is 1. The maximum atomic E-state index is 10.9. The van der Waals surface area contributed by atoms with Gasteiger partial charge in [-0.2, -0.15) is 0 Å². The van der Waals surface area contributed by atoms with Gasteiger partial charge in [-0.15, -0.1) is 0 Å². The second kappa shape index (κ2) is 5.23. The van der Waals surface area contributed by atoms with Crippen LogP contribution >= 0.6 is 0 Å². The summed E-state index contributed by atoms with van der Waals surface area (Å²) in [6.45, 7) is 9.90. The molecule has 0 aliphatic heterocycles. The predicted octanol–water partition coefficient (Wildman–Crippen LogP) is 5.81. The smallest absolute Gasteiger partial charge is 0.0648 e. The van der Waals surface area contributed by atoms with Crippen LogP contribution in [0, 0.1) is 40.4 Å². The van der Waals surface area contributed by atoms with Crippen LogP contribution in [0.2, 0.25) is 0 Å². The maximum absolute atomic E-state index is 10.9. The molecular weight excluding hydrogens is 280 g/mol. The molecule has 0 heterocycles. The van der Waals surface area contributed by atoms with E-state index in [1.807, 2.05) is 0 Å². The number of fused-ring (bicyclic) bond motifs is 5. The second-order valence-corrected chi connectivity index (χ2v) is 10.7. The molecule has 0 unspecified atom stereocenters. The molecule has 0 radical (unpaired) electrons. The first-order chi connectivity index (χ1) is 10.8. The Bertz CT molecular complexity index is 473. The molecule has 23 heavy (non-hydrogen) atoms. The quantitative estimate of drug-likeness (QED) is 0.647. The van der Waals surface area contributed by atoms with Crippen LogP contribution in [0.1, 0.15) is 91.9 Å². The minimum atomic E-state index is -0.345. The molecule has 0 spiro atoms. The molecule has 4 fully saturated rings. The zero-order valence-corrected chi connectivity index (χ0v) is 15.9. The van der Waals surface area contributed by atoms with Crippen LogP contribution < -0.4 is 0 Å². The standard InChI is InChI=1S/C22H38O/c1-5-22(23)11-10-21(4)16(14-22)6-7-17-18(21)8-9-20(3)13-15(2)12-19(17)20/h15-19,23H,5-14H2,1-4H3/t15-,16+,17-,18+,19+,20-,21+,22+/m1/s1. The third-order valence-electron chi connectivity index (χ3n) is 9.47. The Hall–Kier alpha value is -0.0400. The van der Waals surface area contributed by atoms with Crippen molar-refractivity contribution in [3.05, 3.63) is 0 Å². The van der Waals surface area contributed by atoms with Crippen molar-refractivity contribution in [1.82, 2.24) is 0 Å². The first kappa shape index (κ1) is 16.4. The van der Waals surface area contributed by atoms with Crippen molar-refractivity contribution in [2.45, 2.75) is 97.5 Å². The molecule has 0 aromatic heterocycles. The van der Waals surface area contributed by atoms with Crippen LogP contribution in [0.5, 0.6) is 0 Å². The molecule has 0 amide bonds. The summed E-state index contributed by atoms with van der Waals surface area (Å²) in [5.41, 5.74) is 0.835. The van der Waals surface area contributed by atoms with E-state index >= 15 is 0 Å². The minimum Gasteiger partial charge on any atom is -0.390 e. The number of rotatable bonds is 1. The van der Waals surface area contributed by atoms with Crippen LogP contribution in [0.4, 0.5) is 0 Å². The molecule has 4 aliphatic carbocycles. The van der Waals surface area contributed by atoms with E-state index in [1.54, 1.807) is 0 Å². The average Bonchev–Trinajstić information content (AvgIpc) is 2.82. The molecule has 0 aromatic carbocycles. The van der Waals surface area contributed by atoms with Crippen LogP contribution in [0.25, 0.3) is 0 Å². The van der Waals surface area contributed by atoms with Gasteiger partial charge in [-0.25, -0.2) is 0 Å². The fraction of sp³-hybridized carbons (Fsp3) is 1.00. The molecule has 0 aromatic rings. The molecule has 132 valence electrons. The highest BCUT2D eigenvalue weighted by atomic mass is 16.3. The van der Waals surface area contributed by atoms with Gasteiger partial charge in [0.05, 0.1) is 5.60 Å². The summed E-state index contributed by atoms with van der Waals surface area (Å²) in [5, 5.41) is 10.9. The monoisotopic (exact) mass is 318 g/mol. The van der Waals surface area contributed by atoms with E-state index in [-0.39, 0.29) is 5.60 Å². The SMILES string of the molecule is CC[C@]1(O)CC[C@@]2(C)[C@@H](CC[C@H]3[C@@H]4C[C@@H](C)C[C@@]4(C)CC[C@@H]32)C1. The van der Waals surface area contributed by atoms with E-state index in [4.69, 9.17) is 0 Å². The predicted molar refractivity (Wildman–Crippen MR) is 96.1 cm³/mol. The van der Waals surface area contributed by atoms with Gasteiger partial charge in [-0.3, -0.25) is 0 Å². The highest BCUT2D eigenvalue weighted by Crippen LogP contribution is 2.67. The summed E-state index contributed by atoms with van der Waals surface area (Å²) in [4.78, 5) is 0. The molecule has 4 saturated carbocycles. The van der Waals surface area contributed by atoms with Crippen molar-refractivity contribution >= 4 is 0 Å². The molecule has 1 nitrogen and oxygen atoms in total. The zero-order chi connectivity index (χ0) is 16.5. The summed E-state index contributed by atoms with van der Waals surface area (Å²) in [7, 11) is 0. The van der Waals surface area contributed by atoms with Crippen molar-refractivity contribution in [1.29, 1.82) is 0 Å². The van der Waals surface area contributed by atoms with E-state index in [0.717, 1.165) is 48.9 Å². The van der Waals surface area contributed by atoms with Gasteiger partial charge in [0.1, 0.15) is 0 Å². The minimum absolute atomic E-state index is 0.345. The van der Waals surface area contributed by atoms with E-state index in [1.165, 1.54) is 44.9 Å². The van der Waals surface area contributed by atoms with Gasteiger partial charge in [0, 0.05) is 0 Å². The van der Waals surface area contributed by atoms with Crippen molar-refractivity contribution < 1.29 is 5.11 Å². The fourth-order valence-electron chi connectivity index (χ4n) is 8.06. The summed E-state index contributed by atoms with van der Waals surface area (Å²) >= 11 is 0.